The third kappa shape index (κ3) is 3.66. The van der Waals surface area contributed by atoms with E-state index in [1.165, 1.54) is 7.11 Å². The number of rotatable bonds is 4. The zero-order valence-electron chi connectivity index (χ0n) is 14.1. The minimum absolute atomic E-state index is 0.108. The van der Waals surface area contributed by atoms with Crippen molar-refractivity contribution < 1.29 is 9.53 Å². The number of nitrogens with zero attached hydrogens (tertiary/aromatic N) is 2. The lowest BCUT2D eigenvalue weighted by atomic mass is 10.1. The van der Waals surface area contributed by atoms with Crippen LogP contribution >= 0.6 is 0 Å². The van der Waals surface area contributed by atoms with Crippen LogP contribution in [0.4, 0.5) is 0 Å². The Kier molecular flexibility index (Phi) is 4.75. The molecule has 0 amide bonds. The van der Waals surface area contributed by atoms with Gasteiger partial charge >= 0.3 is 5.97 Å². The molecule has 0 aliphatic carbocycles. The molecule has 5 nitrogen and oxygen atoms in total. The van der Waals surface area contributed by atoms with E-state index in [4.69, 9.17) is 0 Å². The number of ether oxygens (including phenoxy) is 1. The van der Waals surface area contributed by atoms with Crippen molar-refractivity contribution >= 4 is 5.97 Å². The van der Waals surface area contributed by atoms with Crippen LogP contribution in [0.1, 0.15) is 21.7 Å². The fourth-order valence-electron chi connectivity index (χ4n) is 2.62. The maximum atomic E-state index is 12.5. The zero-order chi connectivity index (χ0) is 17.8. The standard InChI is InChI=1S/C20H18N2O3/c1-14-21-18(16-6-4-3-5-7-16)12-19(23)22(14)13-15-8-10-17(11-9-15)20(24)25-2/h3-12H,13H2,1-2H3. The smallest absolute Gasteiger partial charge is 0.337 e. The lowest BCUT2D eigenvalue weighted by molar-refractivity contribution is 0.0600. The third-order valence-corrected chi connectivity index (χ3v) is 3.98. The molecule has 0 N–H and O–H groups in total. The number of benzene rings is 2. The maximum Gasteiger partial charge on any atom is 0.337 e. The highest BCUT2D eigenvalue weighted by molar-refractivity contribution is 5.89. The van der Waals surface area contributed by atoms with E-state index < -0.39 is 0 Å². The van der Waals surface area contributed by atoms with E-state index in [9.17, 15) is 9.59 Å². The third-order valence-electron chi connectivity index (χ3n) is 3.98. The second-order valence-electron chi connectivity index (χ2n) is 5.67. The number of esters is 1. The molecule has 0 aliphatic rings. The minimum Gasteiger partial charge on any atom is -0.465 e. The predicted octanol–water partition coefficient (Wildman–Crippen LogP) is 3.05. The summed E-state index contributed by atoms with van der Waals surface area (Å²) in [5.41, 5.74) is 2.86. The second kappa shape index (κ2) is 7.13. The van der Waals surface area contributed by atoms with Crippen LogP contribution in [-0.4, -0.2) is 22.6 Å². The molecule has 2 aromatic carbocycles. The molecule has 25 heavy (non-hydrogen) atoms. The number of hydrogen-bond donors (Lipinski definition) is 0. The van der Waals surface area contributed by atoms with Crippen LogP contribution in [0.3, 0.4) is 0 Å². The van der Waals surface area contributed by atoms with Gasteiger partial charge in [0.15, 0.2) is 0 Å². The van der Waals surface area contributed by atoms with Crippen LogP contribution < -0.4 is 5.56 Å². The highest BCUT2D eigenvalue weighted by Gasteiger charge is 2.09. The van der Waals surface area contributed by atoms with Gasteiger partial charge in [0.05, 0.1) is 24.9 Å². The zero-order valence-corrected chi connectivity index (χ0v) is 14.1. The predicted molar refractivity (Wildman–Crippen MR) is 95.6 cm³/mol. The lowest BCUT2D eigenvalue weighted by Crippen LogP contribution is -2.24. The summed E-state index contributed by atoms with van der Waals surface area (Å²) in [5, 5.41) is 0. The number of hydrogen-bond acceptors (Lipinski definition) is 4. The molecular weight excluding hydrogens is 316 g/mol. The SMILES string of the molecule is COC(=O)c1ccc(Cn2c(C)nc(-c3ccccc3)cc2=O)cc1. The van der Waals surface area contributed by atoms with Crippen LogP contribution in [0.15, 0.2) is 65.5 Å². The van der Waals surface area contributed by atoms with Crippen molar-refractivity contribution in [2.75, 3.05) is 7.11 Å². The van der Waals surface area contributed by atoms with Crippen molar-refractivity contribution in [1.29, 1.82) is 0 Å². The Morgan fingerprint density at radius 3 is 2.36 bits per heavy atom. The number of carbonyl (C=O) groups is 1. The van der Waals surface area contributed by atoms with Gasteiger partial charge < -0.3 is 4.74 Å². The van der Waals surface area contributed by atoms with Gasteiger partial charge in [-0.15, -0.1) is 0 Å². The summed E-state index contributed by atoms with van der Waals surface area (Å²) in [6, 6.07) is 18.2. The van der Waals surface area contributed by atoms with Crippen molar-refractivity contribution in [1.82, 2.24) is 9.55 Å². The van der Waals surface area contributed by atoms with Gasteiger partial charge in [-0.25, -0.2) is 9.78 Å². The number of aromatic nitrogens is 2. The lowest BCUT2D eigenvalue weighted by Gasteiger charge is -2.11. The molecule has 0 saturated heterocycles. The van der Waals surface area contributed by atoms with E-state index in [0.717, 1.165) is 11.1 Å². The molecule has 1 aromatic heterocycles. The highest BCUT2D eigenvalue weighted by Crippen LogP contribution is 2.15. The van der Waals surface area contributed by atoms with E-state index in [1.807, 2.05) is 49.4 Å². The molecule has 126 valence electrons. The van der Waals surface area contributed by atoms with Crippen molar-refractivity contribution in [2.45, 2.75) is 13.5 Å². The fraction of sp³-hybridized carbons (Fsp3) is 0.150. The summed E-state index contributed by atoms with van der Waals surface area (Å²) in [6.07, 6.45) is 0. The monoisotopic (exact) mass is 334 g/mol. The molecule has 1 heterocycles. The van der Waals surface area contributed by atoms with E-state index in [0.29, 0.717) is 23.6 Å². The Balaban J connectivity index is 1.88. The van der Waals surface area contributed by atoms with Crippen molar-refractivity contribution in [3.8, 4) is 11.3 Å². The van der Waals surface area contributed by atoms with E-state index in [-0.39, 0.29) is 11.5 Å². The Hall–Kier alpha value is -3.21. The quantitative estimate of drug-likeness (QED) is 0.688. The van der Waals surface area contributed by atoms with Crippen LogP contribution in [0, 0.1) is 6.92 Å². The molecule has 0 bridgehead atoms. The van der Waals surface area contributed by atoms with Gasteiger partial charge in [-0.2, -0.15) is 0 Å². The van der Waals surface area contributed by atoms with E-state index >= 15 is 0 Å². The van der Waals surface area contributed by atoms with Crippen molar-refractivity contribution in [2.24, 2.45) is 0 Å². The Morgan fingerprint density at radius 1 is 1.08 bits per heavy atom. The van der Waals surface area contributed by atoms with Gasteiger partial charge in [0.2, 0.25) is 0 Å². The first-order valence-electron chi connectivity index (χ1n) is 7.89. The van der Waals surface area contributed by atoms with Crippen LogP contribution in [0.2, 0.25) is 0 Å². The summed E-state index contributed by atoms with van der Waals surface area (Å²) in [7, 11) is 1.35. The molecule has 0 atom stereocenters. The molecule has 3 aromatic rings. The molecular formula is C20H18N2O3. The first kappa shape index (κ1) is 16.6. The summed E-state index contributed by atoms with van der Waals surface area (Å²) in [4.78, 5) is 28.5. The summed E-state index contributed by atoms with van der Waals surface area (Å²) < 4.78 is 6.29. The van der Waals surface area contributed by atoms with Gasteiger partial charge in [0.25, 0.3) is 5.56 Å². The van der Waals surface area contributed by atoms with Crippen molar-refractivity contribution in [3.05, 3.63) is 88.0 Å². The van der Waals surface area contributed by atoms with Gasteiger partial charge in [-0.05, 0) is 24.6 Å². The molecule has 3 rings (SSSR count). The van der Waals surface area contributed by atoms with Crippen LogP contribution in [0.5, 0.6) is 0 Å². The normalized spacial score (nSPS) is 10.5. The summed E-state index contributed by atoms with van der Waals surface area (Å²) in [6.45, 7) is 2.21. The largest absolute Gasteiger partial charge is 0.465 e. The summed E-state index contributed by atoms with van der Waals surface area (Å²) in [5.74, 6) is 0.261. The Bertz CT molecular complexity index is 945. The van der Waals surface area contributed by atoms with Gasteiger partial charge in [-0.3, -0.25) is 9.36 Å². The molecule has 0 aliphatic heterocycles. The highest BCUT2D eigenvalue weighted by atomic mass is 16.5. The van der Waals surface area contributed by atoms with Crippen LogP contribution in [-0.2, 0) is 11.3 Å². The average molecular weight is 334 g/mol. The maximum absolute atomic E-state index is 12.5. The molecule has 5 heteroatoms. The molecule has 0 spiro atoms. The first-order chi connectivity index (χ1) is 12.1. The fourth-order valence-corrected chi connectivity index (χ4v) is 2.62. The van der Waals surface area contributed by atoms with E-state index in [1.54, 1.807) is 22.8 Å². The second-order valence-corrected chi connectivity index (χ2v) is 5.67. The minimum atomic E-state index is -0.381. The Labute approximate surface area is 145 Å². The number of methoxy groups -OCH3 is 1. The molecule has 0 saturated carbocycles. The van der Waals surface area contributed by atoms with Gasteiger partial charge in [-0.1, -0.05) is 42.5 Å². The topological polar surface area (TPSA) is 61.2 Å². The molecule has 0 fully saturated rings. The molecule has 0 radical (unpaired) electrons. The van der Waals surface area contributed by atoms with Crippen molar-refractivity contribution in [3.63, 3.8) is 0 Å². The van der Waals surface area contributed by atoms with Gasteiger partial charge in [0.1, 0.15) is 5.82 Å². The number of aryl methyl sites for hydroxylation is 1. The van der Waals surface area contributed by atoms with Gasteiger partial charge in [0, 0.05) is 11.6 Å². The number of carbonyl (C=O) groups excluding carboxylic acids is 1. The van der Waals surface area contributed by atoms with Crippen LogP contribution in [0.25, 0.3) is 11.3 Å². The van der Waals surface area contributed by atoms with E-state index in [2.05, 4.69) is 9.72 Å². The molecule has 0 unspecified atom stereocenters. The average Bonchev–Trinajstić information content (AvgIpc) is 2.65. The first-order valence-corrected chi connectivity index (χ1v) is 7.89. The summed E-state index contributed by atoms with van der Waals surface area (Å²) >= 11 is 0. The Morgan fingerprint density at radius 2 is 1.76 bits per heavy atom.